The smallest absolute Gasteiger partial charge is 0.111 e. The summed E-state index contributed by atoms with van der Waals surface area (Å²) in [6.07, 6.45) is -5.47. The van der Waals surface area contributed by atoms with E-state index in [1.54, 1.807) is 0 Å². The Balaban J connectivity index is 1.65. The molecule has 5 unspecified atom stereocenters. The summed E-state index contributed by atoms with van der Waals surface area (Å²) >= 11 is 0. The van der Waals surface area contributed by atoms with Crippen LogP contribution in [0.25, 0.3) is 0 Å². The minimum absolute atomic E-state index is 0.00872. The van der Waals surface area contributed by atoms with Gasteiger partial charge in [0.1, 0.15) is 30.5 Å². The van der Waals surface area contributed by atoms with Crippen LogP contribution in [0.5, 0.6) is 0 Å². The molecule has 9 heteroatoms. The maximum atomic E-state index is 9.87. The van der Waals surface area contributed by atoms with Crippen LogP contribution in [0.2, 0.25) is 0 Å². The van der Waals surface area contributed by atoms with Crippen molar-refractivity contribution < 1.29 is 44.8 Å². The van der Waals surface area contributed by atoms with Crippen LogP contribution in [0.3, 0.4) is 0 Å². The van der Waals surface area contributed by atoms with E-state index in [9.17, 15) is 20.4 Å². The van der Waals surface area contributed by atoms with Crippen molar-refractivity contribution in [3.63, 3.8) is 0 Å². The summed E-state index contributed by atoms with van der Waals surface area (Å²) in [6, 6.07) is 0. The summed E-state index contributed by atoms with van der Waals surface area (Å²) in [5, 5.41) is 57.1. The lowest BCUT2D eigenvalue weighted by Gasteiger charge is -2.39. The molecule has 2 aliphatic rings. The topological polar surface area (TPSA) is 149 Å². The molecule has 6 N–H and O–H groups in total. The molecule has 9 nitrogen and oxygen atoms in total. The third-order valence-corrected chi connectivity index (χ3v) is 4.56. The number of aliphatic hydroxyl groups is 6. The maximum absolute atomic E-state index is 9.87. The lowest BCUT2D eigenvalue weighted by atomic mass is 9.95. The van der Waals surface area contributed by atoms with E-state index in [1.165, 1.54) is 0 Å². The average Bonchev–Trinajstić information content (AvgIpc) is 2.94. The summed E-state index contributed by atoms with van der Waals surface area (Å²) in [7, 11) is 0. The molecular weight excluding hydrogens is 324 g/mol. The highest BCUT2D eigenvalue weighted by Crippen LogP contribution is 2.24. The zero-order valence-electron chi connectivity index (χ0n) is 13.5. The first kappa shape index (κ1) is 20.0. The predicted octanol–water partition coefficient (Wildman–Crippen LogP) is -2.86. The third-order valence-electron chi connectivity index (χ3n) is 4.56. The quantitative estimate of drug-likeness (QED) is 0.254. The third kappa shape index (κ3) is 4.84. The molecule has 0 spiro atoms. The molecule has 2 aliphatic heterocycles. The lowest BCUT2D eigenvalue weighted by Crippen LogP contribution is -2.59. The molecule has 2 saturated heterocycles. The molecule has 2 heterocycles. The van der Waals surface area contributed by atoms with Crippen molar-refractivity contribution in [2.75, 3.05) is 26.4 Å². The minimum atomic E-state index is -1.40. The second kappa shape index (κ2) is 9.37. The van der Waals surface area contributed by atoms with Crippen molar-refractivity contribution in [2.24, 2.45) is 0 Å². The van der Waals surface area contributed by atoms with Gasteiger partial charge in [-0.15, -0.1) is 0 Å². The molecule has 8 atom stereocenters. The summed E-state index contributed by atoms with van der Waals surface area (Å²) in [5.41, 5.74) is 0. The molecule has 2 rings (SSSR count). The molecule has 0 aromatic carbocycles. The van der Waals surface area contributed by atoms with Gasteiger partial charge in [0.15, 0.2) is 0 Å². The molecule has 0 saturated carbocycles. The van der Waals surface area contributed by atoms with Crippen molar-refractivity contribution in [2.45, 2.75) is 68.1 Å². The number of hydrogen-bond donors (Lipinski definition) is 6. The summed E-state index contributed by atoms with van der Waals surface area (Å²) in [4.78, 5) is 0. The van der Waals surface area contributed by atoms with Gasteiger partial charge in [0.25, 0.3) is 0 Å². The van der Waals surface area contributed by atoms with Gasteiger partial charge in [-0.2, -0.15) is 0 Å². The highest BCUT2D eigenvalue weighted by molar-refractivity contribution is 4.91. The van der Waals surface area contributed by atoms with E-state index in [0.29, 0.717) is 25.9 Å². The molecule has 0 aromatic heterocycles. The van der Waals surface area contributed by atoms with E-state index in [4.69, 9.17) is 24.4 Å². The molecule has 0 aromatic rings. The molecule has 0 amide bonds. The van der Waals surface area contributed by atoms with Gasteiger partial charge in [-0.05, 0) is 12.8 Å². The van der Waals surface area contributed by atoms with Crippen LogP contribution in [-0.2, 0) is 14.2 Å². The fourth-order valence-electron chi connectivity index (χ4n) is 3.09. The second-order valence-electron chi connectivity index (χ2n) is 6.37. The van der Waals surface area contributed by atoms with E-state index >= 15 is 0 Å². The van der Waals surface area contributed by atoms with E-state index in [0.717, 1.165) is 0 Å². The standard InChI is InChI=1S/C15H28O9/c16-5-8-4-9(18)10(23-8)2-1-3-22-7-12-14(20)15(21)13(19)11(6-17)24-12/h8-21H,1-7H2/t8-,9-,10+,11?,12?,13?,14?,15?/m0/s1. The average molecular weight is 352 g/mol. The van der Waals surface area contributed by atoms with Crippen molar-refractivity contribution in [1.82, 2.24) is 0 Å². The minimum Gasteiger partial charge on any atom is -0.394 e. The van der Waals surface area contributed by atoms with Crippen LogP contribution in [0.1, 0.15) is 19.3 Å². The normalized spacial score (nSPS) is 43.2. The molecule has 0 radical (unpaired) electrons. The van der Waals surface area contributed by atoms with Crippen LogP contribution in [0, 0.1) is 0 Å². The zero-order chi connectivity index (χ0) is 17.7. The van der Waals surface area contributed by atoms with Gasteiger partial charge in [0.2, 0.25) is 0 Å². The Labute approximate surface area is 140 Å². The van der Waals surface area contributed by atoms with Crippen LogP contribution in [-0.4, -0.2) is 106 Å². The first-order chi connectivity index (χ1) is 11.5. The van der Waals surface area contributed by atoms with Gasteiger partial charge in [-0.3, -0.25) is 0 Å². The van der Waals surface area contributed by atoms with Gasteiger partial charge in [0.05, 0.1) is 38.1 Å². The van der Waals surface area contributed by atoms with Crippen molar-refractivity contribution in [3.8, 4) is 0 Å². The van der Waals surface area contributed by atoms with E-state index in [2.05, 4.69) is 0 Å². The molecular formula is C15H28O9. The van der Waals surface area contributed by atoms with E-state index in [-0.39, 0.29) is 25.4 Å². The predicted molar refractivity (Wildman–Crippen MR) is 80.2 cm³/mol. The maximum Gasteiger partial charge on any atom is 0.111 e. The van der Waals surface area contributed by atoms with Gasteiger partial charge < -0.3 is 44.8 Å². The van der Waals surface area contributed by atoms with Crippen molar-refractivity contribution >= 4 is 0 Å². The Hall–Kier alpha value is -0.360. The van der Waals surface area contributed by atoms with Crippen LogP contribution in [0.15, 0.2) is 0 Å². The second-order valence-corrected chi connectivity index (χ2v) is 6.37. The Kier molecular flexibility index (Phi) is 7.79. The molecule has 2 fully saturated rings. The van der Waals surface area contributed by atoms with Crippen molar-refractivity contribution in [1.29, 1.82) is 0 Å². The van der Waals surface area contributed by atoms with E-state index in [1.807, 2.05) is 0 Å². The SMILES string of the molecule is OCC1OC(COCCC[C@H]2O[C@H](CO)C[C@@H]2O)C(O)C(O)C1O. The first-order valence-electron chi connectivity index (χ1n) is 8.30. The molecule has 0 aliphatic carbocycles. The monoisotopic (exact) mass is 352 g/mol. The fourth-order valence-corrected chi connectivity index (χ4v) is 3.09. The number of ether oxygens (including phenoxy) is 3. The molecule has 142 valence electrons. The number of hydrogen-bond acceptors (Lipinski definition) is 9. The molecule has 0 bridgehead atoms. The molecule has 24 heavy (non-hydrogen) atoms. The van der Waals surface area contributed by atoms with Gasteiger partial charge >= 0.3 is 0 Å². The van der Waals surface area contributed by atoms with Crippen LogP contribution >= 0.6 is 0 Å². The Morgan fingerprint density at radius 3 is 2.17 bits per heavy atom. The summed E-state index contributed by atoms with van der Waals surface area (Å²) in [5.74, 6) is 0. The number of rotatable bonds is 8. The summed E-state index contributed by atoms with van der Waals surface area (Å²) in [6.45, 7) is -0.230. The van der Waals surface area contributed by atoms with Crippen LogP contribution < -0.4 is 0 Å². The van der Waals surface area contributed by atoms with Crippen molar-refractivity contribution in [3.05, 3.63) is 0 Å². The largest absolute Gasteiger partial charge is 0.394 e. The first-order valence-corrected chi connectivity index (χ1v) is 8.30. The zero-order valence-corrected chi connectivity index (χ0v) is 13.5. The van der Waals surface area contributed by atoms with Gasteiger partial charge in [-0.1, -0.05) is 0 Å². The highest BCUT2D eigenvalue weighted by Gasteiger charge is 2.43. The van der Waals surface area contributed by atoms with E-state index < -0.39 is 43.2 Å². The lowest BCUT2D eigenvalue weighted by molar-refractivity contribution is -0.239. The fraction of sp³-hybridized carbons (Fsp3) is 1.00. The Bertz CT molecular complexity index is 367. The number of aliphatic hydroxyl groups excluding tert-OH is 6. The van der Waals surface area contributed by atoms with Crippen LogP contribution in [0.4, 0.5) is 0 Å². The Morgan fingerprint density at radius 2 is 1.54 bits per heavy atom. The van der Waals surface area contributed by atoms with Gasteiger partial charge in [-0.25, -0.2) is 0 Å². The highest BCUT2D eigenvalue weighted by atomic mass is 16.6. The summed E-state index contributed by atoms with van der Waals surface area (Å²) < 4.78 is 16.2. The Morgan fingerprint density at radius 1 is 0.833 bits per heavy atom. The van der Waals surface area contributed by atoms with Gasteiger partial charge in [0, 0.05) is 13.0 Å².